The molecule has 114 valence electrons. The van der Waals surface area contributed by atoms with E-state index in [0.29, 0.717) is 13.0 Å². The normalized spacial score (nSPS) is 10.9. The van der Waals surface area contributed by atoms with Crippen LogP contribution in [-0.4, -0.2) is 23.6 Å². The number of hydrogen-bond donors (Lipinski definition) is 1. The molecule has 2 heterocycles. The zero-order valence-corrected chi connectivity index (χ0v) is 12.7. The van der Waals surface area contributed by atoms with Crippen molar-refractivity contribution < 1.29 is 9.47 Å². The van der Waals surface area contributed by atoms with Crippen LogP contribution in [0.3, 0.4) is 0 Å². The third kappa shape index (κ3) is 2.51. The van der Waals surface area contributed by atoms with Gasteiger partial charge in [0.25, 0.3) is 0 Å². The Labute approximate surface area is 129 Å². The second-order valence-corrected chi connectivity index (χ2v) is 4.99. The molecule has 2 aromatic heterocycles. The van der Waals surface area contributed by atoms with Crippen molar-refractivity contribution in [2.45, 2.75) is 13.0 Å². The molecule has 0 bridgehead atoms. The lowest BCUT2D eigenvalue weighted by atomic mass is 10.1. The Bertz CT molecular complexity index is 796. The maximum absolute atomic E-state index is 5.80. The van der Waals surface area contributed by atoms with Gasteiger partial charge in [0.2, 0.25) is 0 Å². The summed E-state index contributed by atoms with van der Waals surface area (Å²) >= 11 is 0. The molecule has 0 aliphatic carbocycles. The number of imidazole rings is 1. The number of hydrogen-bond acceptors (Lipinski definition) is 4. The van der Waals surface area contributed by atoms with Crippen LogP contribution < -0.4 is 15.2 Å². The summed E-state index contributed by atoms with van der Waals surface area (Å²) < 4.78 is 12.8. The average Bonchev–Trinajstić information content (AvgIpc) is 2.93. The average molecular weight is 297 g/mol. The zero-order chi connectivity index (χ0) is 15.5. The molecule has 0 amide bonds. The molecule has 0 aliphatic rings. The van der Waals surface area contributed by atoms with E-state index in [1.807, 2.05) is 42.6 Å². The summed E-state index contributed by atoms with van der Waals surface area (Å²) in [5, 5.41) is 0. The van der Waals surface area contributed by atoms with E-state index in [2.05, 4.69) is 9.38 Å². The SMILES string of the molecule is COc1ccc(Cc2nc(CN)c3ccccn23)c(OC)c1. The van der Waals surface area contributed by atoms with Gasteiger partial charge in [0, 0.05) is 30.8 Å². The molecule has 0 saturated heterocycles. The lowest BCUT2D eigenvalue weighted by molar-refractivity contribution is 0.391. The van der Waals surface area contributed by atoms with Crippen LogP contribution in [0, 0.1) is 0 Å². The Morgan fingerprint density at radius 2 is 2.00 bits per heavy atom. The number of benzene rings is 1. The third-order valence-electron chi connectivity index (χ3n) is 3.73. The standard InChI is InChI=1S/C17H19N3O2/c1-21-13-7-6-12(16(10-13)22-2)9-17-19-14(11-18)15-5-3-4-8-20(15)17/h3-8,10H,9,11,18H2,1-2H3. The third-order valence-corrected chi connectivity index (χ3v) is 3.73. The van der Waals surface area contributed by atoms with E-state index in [1.54, 1.807) is 14.2 Å². The van der Waals surface area contributed by atoms with E-state index < -0.39 is 0 Å². The molecule has 0 unspecified atom stereocenters. The first-order valence-electron chi connectivity index (χ1n) is 7.12. The van der Waals surface area contributed by atoms with E-state index in [9.17, 15) is 0 Å². The summed E-state index contributed by atoms with van der Waals surface area (Å²) in [4.78, 5) is 4.67. The molecular formula is C17H19N3O2. The van der Waals surface area contributed by atoms with Gasteiger partial charge in [-0.2, -0.15) is 0 Å². The molecule has 1 aromatic carbocycles. The van der Waals surface area contributed by atoms with Gasteiger partial charge in [-0.15, -0.1) is 0 Å². The minimum atomic E-state index is 0.424. The number of rotatable bonds is 5. The van der Waals surface area contributed by atoms with Crippen LogP contribution in [0.4, 0.5) is 0 Å². The highest BCUT2D eigenvalue weighted by atomic mass is 16.5. The monoisotopic (exact) mass is 297 g/mol. The van der Waals surface area contributed by atoms with Gasteiger partial charge < -0.3 is 19.6 Å². The molecule has 2 N–H and O–H groups in total. The van der Waals surface area contributed by atoms with Crippen molar-refractivity contribution in [3.63, 3.8) is 0 Å². The summed E-state index contributed by atoms with van der Waals surface area (Å²) in [7, 11) is 3.30. The van der Waals surface area contributed by atoms with Crippen LogP contribution in [0.15, 0.2) is 42.6 Å². The summed E-state index contributed by atoms with van der Waals surface area (Å²) in [5.74, 6) is 2.51. The van der Waals surface area contributed by atoms with E-state index >= 15 is 0 Å². The quantitative estimate of drug-likeness (QED) is 0.785. The maximum atomic E-state index is 5.80. The van der Waals surface area contributed by atoms with E-state index in [4.69, 9.17) is 15.2 Å². The Morgan fingerprint density at radius 3 is 2.73 bits per heavy atom. The van der Waals surface area contributed by atoms with Crippen LogP contribution in [0.5, 0.6) is 11.5 Å². The van der Waals surface area contributed by atoms with Gasteiger partial charge in [0.1, 0.15) is 17.3 Å². The van der Waals surface area contributed by atoms with Crippen molar-refractivity contribution in [1.29, 1.82) is 0 Å². The Kier molecular flexibility index (Phi) is 3.98. The first kappa shape index (κ1) is 14.4. The number of nitrogens with two attached hydrogens (primary N) is 1. The maximum Gasteiger partial charge on any atom is 0.126 e. The predicted octanol–water partition coefficient (Wildman–Crippen LogP) is 2.40. The van der Waals surface area contributed by atoms with E-state index in [0.717, 1.165) is 34.1 Å². The molecule has 0 saturated carbocycles. The van der Waals surface area contributed by atoms with E-state index in [-0.39, 0.29) is 0 Å². The van der Waals surface area contributed by atoms with Crippen molar-refractivity contribution in [2.24, 2.45) is 5.73 Å². The van der Waals surface area contributed by atoms with Crippen LogP contribution >= 0.6 is 0 Å². The fourth-order valence-electron chi connectivity index (χ4n) is 2.61. The van der Waals surface area contributed by atoms with Crippen LogP contribution in [0.1, 0.15) is 17.1 Å². The van der Waals surface area contributed by atoms with E-state index in [1.165, 1.54) is 0 Å². The summed E-state index contributed by atoms with van der Waals surface area (Å²) in [5.41, 5.74) is 8.81. The van der Waals surface area contributed by atoms with Gasteiger partial charge in [-0.25, -0.2) is 4.98 Å². The Hall–Kier alpha value is -2.53. The number of aromatic nitrogens is 2. The molecule has 3 rings (SSSR count). The fraction of sp³-hybridized carbons (Fsp3) is 0.235. The molecule has 0 radical (unpaired) electrons. The van der Waals surface area contributed by atoms with Crippen molar-refractivity contribution >= 4 is 5.52 Å². The molecule has 0 atom stereocenters. The molecule has 22 heavy (non-hydrogen) atoms. The first-order valence-corrected chi connectivity index (χ1v) is 7.12. The molecular weight excluding hydrogens is 278 g/mol. The first-order chi connectivity index (χ1) is 10.8. The zero-order valence-electron chi connectivity index (χ0n) is 12.7. The minimum Gasteiger partial charge on any atom is -0.497 e. The fourth-order valence-corrected chi connectivity index (χ4v) is 2.61. The smallest absolute Gasteiger partial charge is 0.126 e. The highest BCUT2D eigenvalue weighted by Crippen LogP contribution is 2.27. The Morgan fingerprint density at radius 1 is 1.14 bits per heavy atom. The van der Waals surface area contributed by atoms with Crippen molar-refractivity contribution in [1.82, 2.24) is 9.38 Å². The van der Waals surface area contributed by atoms with Gasteiger partial charge >= 0.3 is 0 Å². The number of fused-ring (bicyclic) bond motifs is 1. The second-order valence-electron chi connectivity index (χ2n) is 4.99. The molecule has 0 fully saturated rings. The lowest BCUT2D eigenvalue weighted by Gasteiger charge is -2.10. The van der Waals surface area contributed by atoms with Crippen molar-refractivity contribution in [3.8, 4) is 11.5 Å². The number of pyridine rings is 1. The molecule has 3 aromatic rings. The van der Waals surface area contributed by atoms with Crippen molar-refractivity contribution in [3.05, 3.63) is 59.7 Å². The minimum absolute atomic E-state index is 0.424. The number of nitrogens with zero attached hydrogens (tertiary/aromatic N) is 2. The summed E-state index contributed by atoms with van der Waals surface area (Å²) in [6.45, 7) is 0.424. The van der Waals surface area contributed by atoms with Crippen LogP contribution in [0.25, 0.3) is 5.52 Å². The number of methoxy groups -OCH3 is 2. The summed E-state index contributed by atoms with van der Waals surface area (Å²) in [6.07, 6.45) is 2.67. The van der Waals surface area contributed by atoms with Gasteiger partial charge in [0.15, 0.2) is 0 Å². The highest BCUT2D eigenvalue weighted by molar-refractivity contribution is 5.54. The molecule has 0 aliphatic heterocycles. The molecule has 5 nitrogen and oxygen atoms in total. The van der Waals surface area contributed by atoms with Crippen LogP contribution in [0.2, 0.25) is 0 Å². The summed E-state index contributed by atoms with van der Waals surface area (Å²) in [6, 6.07) is 11.8. The second kappa shape index (κ2) is 6.07. The largest absolute Gasteiger partial charge is 0.497 e. The van der Waals surface area contributed by atoms with Gasteiger partial charge in [-0.1, -0.05) is 12.1 Å². The van der Waals surface area contributed by atoms with Gasteiger partial charge in [-0.3, -0.25) is 0 Å². The predicted molar refractivity (Wildman–Crippen MR) is 85.4 cm³/mol. The lowest BCUT2D eigenvalue weighted by Crippen LogP contribution is -1.99. The Balaban J connectivity index is 2.03. The highest BCUT2D eigenvalue weighted by Gasteiger charge is 2.13. The number of ether oxygens (including phenoxy) is 2. The topological polar surface area (TPSA) is 61.8 Å². The molecule has 5 heteroatoms. The van der Waals surface area contributed by atoms with Crippen LogP contribution in [-0.2, 0) is 13.0 Å². The van der Waals surface area contributed by atoms with Crippen molar-refractivity contribution in [2.75, 3.05) is 14.2 Å². The molecule has 0 spiro atoms. The van der Waals surface area contributed by atoms with Gasteiger partial charge in [0.05, 0.1) is 25.4 Å². The van der Waals surface area contributed by atoms with Gasteiger partial charge in [-0.05, 0) is 18.2 Å².